The largest absolute Gasteiger partial charge is 0.503 e. The third-order valence-corrected chi connectivity index (χ3v) is 3.59. The molecule has 0 aliphatic heterocycles. The maximum Gasteiger partial charge on any atom is 0.172 e. The van der Waals surface area contributed by atoms with E-state index in [4.69, 9.17) is 4.74 Å². The number of aromatic hydroxyl groups is 1. The minimum Gasteiger partial charge on any atom is -0.503 e. The molecule has 88 valence electrons. The van der Waals surface area contributed by atoms with Gasteiger partial charge in [-0.05, 0) is 46.0 Å². The SMILES string of the molecule is COc1cc(CNC2CC2C)cc(Br)c1O. The monoisotopic (exact) mass is 285 g/mol. The molecule has 0 radical (unpaired) electrons. The van der Waals surface area contributed by atoms with Crippen LogP contribution in [0, 0.1) is 5.92 Å². The number of hydrogen-bond donors (Lipinski definition) is 2. The zero-order valence-corrected chi connectivity index (χ0v) is 11.0. The van der Waals surface area contributed by atoms with Crippen LogP contribution in [0.15, 0.2) is 16.6 Å². The van der Waals surface area contributed by atoms with Crippen molar-refractivity contribution in [1.29, 1.82) is 0 Å². The van der Waals surface area contributed by atoms with Gasteiger partial charge >= 0.3 is 0 Å². The van der Waals surface area contributed by atoms with Crippen LogP contribution in [0.3, 0.4) is 0 Å². The molecule has 2 atom stereocenters. The summed E-state index contributed by atoms with van der Waals surface area (Å²) in [4.78, 5) is 0. The van der Waals surface area contributed by atoms with Crippen molar-refractivity contribution < 1.29 is 9.84 Å². The van der Waals surface area contributed by atoms with Crippen molar-refractivity contribution >= 4 is 15.9 Å². The normalized spacial score (nSPS) is 23.2. The van der Waals surface area contributed by atoms with Gasteiger partial charge in [0.05, 0.1) is 11.6 Å². The first-order valence-electron chi connectivity index (χ1n) is 5.40. The van der Waals surface area contributed by atoms with E-state index in [0.29, 0.717) is 16.3 Å². The van der Waals surface area contributed by atoms with Crippen LogP contribution in [0.1, 0.15) is 18.9 Å². The summed E-state index contributed by atoms with van der Waals surface area (Å²) in [5.41, 5.74) is 1.11. The predicted octanol–water partition coefficient (Wildman–Crippen LogP) is 2.66. The van der Waals surface area contributed by atoms with Gasteiger partial charge in [0.25, 0.3) is 0 Å². The molecule has 0 spiro atoms. The van der Waals surface area contributed by atoms with E-state index >= 15 is 0 Å². The summed E-state index contributed by atoms with van der Waals surface area (Å²) in [5, 5.41) is 13.1. The molecule has 2 N–H and O–H groups in total. The summed E-state index contributed by atoms with van der Waals surface area (Å²) < 4.78 is 5.78. The van der Waals surface area contributed by atoms with E-state index in [0.717, 1.165) is 18.0 Å². The third kappa shape index (κ3) is 2.50. The van der Waals surface area contributed by atoms with E-state index in [9.17, 15) is 5.11 Å². The fraction of sp³-hybridized carbons (Fsp3) is 0.500. The Hall–Kier alpha value is -0.740. The summed E-state index contributed by atoms with van der Waals surface area (Å²) >= 11 is 3.31. The molecule has 1 aliphatic rings. The van der Waals surface area contributed by atoms with E-state index in [-0.39, 0.29) is 5.75 Å². The predicted molar refractivity (Wildman–Crippen MR) is 66.8 cm³/mol. The second-order valence-electron chi connectivity index (χ2n) is 4.33. The molecule has 2 unspecified atom stereocenters. The standard InChI is InChI=1S/C12H16BrNO2/c1-7-3-10(7)14-6-8-4-9(13)12(15)11(5-8)16-2/h4-5,7,10,14-15H,3,6H2,1-2H3. The summed E-state index contributed by atoms with van der Waals surface area (Å²) in [6, 6.07) is 4.43. The highest BCUT2D eigenvalue weighted by molar-refractivity contribution is 9.10. The van der Waals surface area contributed by atoms with Crippen LogP contribution in [-0.2, 0) is 6.54 Å². The van der Waals surface area contributed by atoms with E-state index in [1.807, 2.05) is 12.1 Å². The number of rotatable bonds is 4. The molecule has 16 heavy (non-hydrogen) atoms. The smallest absolute Gasteiger partial charge is 0.172 e. The second-order valence-corrected chi connectivity index (χ2v) is 5.18. The summed E-state index contributed by atoms with van der Waals surface area (Å²) in [5.74, 6) is 1.46. The van der Waals surface area contributed by atoms with E-state index in [1.165, 1.54) is 6.42 Å². The topological polar surface area (TPSA) is 41.5 Å². The van der Waals surface area contributed by atoms with Crippen molar-refractivity contribution in [3.05, 3.63) is 22.2 Å². The fourth-order valence-electron chi connectivity index (χ4n) is 1.74. The molecule has 1 saturated carbocycles. The molecule has 0 bridgehead atoms. The molecule has 4 heteroatoms. The zero-order valence-electron chi connectivity index (χ0n) is 9.46. The number of halogens is 1. The fourth-order valence-corrected chi connectivity index (χ4v) is 2.23. The van der Waals surface area contributed by atoms with Gasteiger partial charge in [-0.15, -0.1) is 0 Å². The average molecular weight is 286 g/mol. The first-order chi connectivity index (χ1) is 7.61. The van der Waals surface area contributed by atoms with Gasteiger partial charge in [-0.3, -0.25) is 0 Å². The highest BCUT2D eigenvalue weighted by Crippen LogP contribution is 2.35. The molecule has 0 heterocycles. The zero-order chi connectivity index (χ0) is 11.7. The Balaban J connectivity index is 2.06. The maximum absolute atomic E-state index is 9.66. The molecule has 1 fully saturated rings. The number of methoxy groups -OCH3 is 1. The molecule has 0 aromatic heterocycles. The van der Waals surface area contributed by atoms with Crippen molar-refractivity contribution in [3.8, 4) is 11.5 Å². The number of ether oxygens (including phenoxy) is 1. The van der Waals surface area contributed by atoms with Crippen LogP contribution < -0.4 is 10.1 Å². The van der Waals surface area contributed by atoms with E-state index in [2.05, 4.69) is 28.2 Å². The first kappa shape index (κ1) is 11.7. The molecule has 3 nitrogen and oxygen atoms in total. The Morgan fingerprint density at radius 2 is 2.25 bits per heavy atom. The number of nitrogens with one attached hydrogen (secondary N) is 1. The van der Waals surface area contributed by atoms with Crippen molar-refractivity contribution in [2.75, 3.05) is 7.11 Å². The number of phenols is 1. The van der Waals surface area contributed by atoms with Gasteiger partial charge in [0.1, 0.15) is 0 Å². The Morgan fingerprint density at radius 3 is 2.81 bits per heavy atom. The first-order valence-corrected chi connectivity index (χ1v) is 6.20. The van der Waals surface area contributed by atoms with Gasteiger partial charge in [-0.2, -0.15) is 0 Å². The Bertz CT molecular complexity index is 395. The third-order valence-electron chi connectivity index (χ3n) is 2.99. The van der Waals surface area contributed by atoms with Gasteiger partial charge in [0.2, 0.25) is 0 Å². The average Bonchev–Trinajstić information content (AvgIpc) is 2.96. The summed E-state index contributed by atoms with van der Waals surface area (Å²) in [6.07, 6.45) is 1.26. The van der Waals surface area contributed by atoms with Crippen molar-refractivity contribution in [2.45, 2.75) is 25.9 Å². The van der Waals surface area contributed by atoms with Crippen molar-refractivity contribution in [2.24, 2.45) is 5.92 Å². The molecule has 1 aromatic rings. The highest BCUT2D eigenvalue weighted by Gasteiger charge is 2.31. The lowest BCUT2D eigenvalue weighted by atomic mass is 10.2. The van der Waals surface area contributed by atoms with Gasteiger partial charge in [-0.25, -0.2) is 0 Å². The Kier molecular flexibility index (Phi) is 3.40. The van der Waals surface area contributed by atoms with Crippen LogP contribution in [0.2, 0.25) is 0 Å². The molecule has 1 aromatic carbocycles. The number of benzene rings is 1. The Labute approximate surface area is 104 Å². The van der Waals surface area contributed by atoms with Crippen molar-refractivity contribution in [1.82, 2.24) is 5.32 Å². The number of hydrogen-bond acceptors (Lipinski definition) is 3. The molecule has 2 rings (SSSR count). The highest BCUT2D eigenvalue weighted by atomic mass is 79.9. The van der Waals surface area contributed by atoms with Crippen LogP contribution in [-0.4, -0.2) is 18.3 Å². The summed E-state index contributed by atoms with van der Waals surface area (Å²) in [6.45, 7) is 3.05. The second kappa shape index (κ2) is 4.63. The van der Waals surface area contributed by atoms with E-state index < -0.39 is 0 Å². The molecular weight excluding hydrogens is 270 g/mol. The lowest BCUT2D eigenvalue weighted by Crippen LogP contribution is -2.17. The van der Waals surface area contributed by atoms with Crippen LogP contribution in [0.4, 0.5) is 0 Å². The molecule has 0 saturated heterocycles. The minimum absolute atomic E-state index is 0.158. The molecule has 0 amide bonds. The quantitative estimate of drug-likeness (QED) is 0.894. The maximum atomic E-state index is 9.66. The van der Waals surface area contributed by atoms with Crippen LogP contribution in [0.25, 0.3) is 0 Å². The van der Waals surface area contributed by atoms with Crippen LogP contribution in [0.5, 0.6) is 11.5 Å². The lowest BCUT2D eigenvalue weighted by Gasteiger charge is -2.09. The molecule has 1 aliphatic carbocycles. The Morgan fingerprint density at radius 1 is 1.56 bits per heavy atom. The van der Waals surface area contributed by atoms with Crippen molar-refractivity contribution in [3.63, 3.8) is 0 Å². The lowest BCUT2D eigenvalue weighted by molar-refractivity contribution is 0.371. The van der Waals surface area contributed by atoms with Gasteiger partial charge in [-0.1, -0.05) is 6.92 Å². The van der Waals surface area contributed by atoms with Gasteiger partial charge < -0.3 is 15.2 Å². The van der Waals surface area contributed by atoms with Crippen LogP contribution >= 0.6 is 15.9 Å². The van der Waals surface area contributed by atoms with Gasteiger partial charge in [0.15, 0.2) is 11.5 Å². The number of phenolic OH excluding ortho intramolecular Hbond substituents is 1. The molecular formula is C12H16BrNO2. The minimum atomic E-state index is 0.158. The summed E-state index contributed by atoms with van der Waals surface area (Å²) in [7, 11) is 1.56. The van der Waals surface area contributed by atoms with E-state index in [1.54, 1.807) is 7.11 Å². The van der Waals surface area contributed by atoms with Gasteiger partial charge in [0, 0.05) is 12.6 Å².